The number of likely N-dealkylation sites (N-methyl/N-ethyl adjacent to an activating group) is 1. The molecule has 0 aliphatic carbocycles. The fourth-order valence-electron chi connectivity index (χ4n) is 3.25. The molecule has 0 spiro atoms. The number of hydrogen-bond donors (Lipinski definition) is 1. The molecule has 1 aromatic heterocycles. The quantitative estimate of drug-likeness (QED) is 0.598. The first-order valence-electron chi connectivity index (χ1n) is 9.37. The second-order valence-corrected chi connectivity index (χ2v) is 7.20. The molecule has 30 heavy (non-hydrogen) atoms. The first-order valence-corrected chi connectivity index (χ1v) is 9.37. The lowest BCUT2D eigenvalue weighted by Gasteiger charge is -2.18. The van der Waals surface area contributed by atoms with Crippen LogP contribution in [0.3, 0.4) is 0 Å². The van der Waals surface area contributed by atoms with Gasteiger partial charge in [-0.05, 0) is 30.3 Å². The Morgan fingerprint density at radius 2 is 1.67 bits per heavy atom. The van der Waals surface area contributed by atoms with E-state index in [1.165, 1.54) is 23.7 Å². The van der Waals surface area contributed by atoms with Crippen molar-refractivity contribution in [2.45, 2.75) is 13.1 Å². The molecule has 156 valence electrons. The van der Waals surface area contributed by atoms with Gasteiger partial charge in [0.15, 0.2) is 5.78 Å². The Bertz CT molecular complexity index is 1170. The number of ketones is 1. The number of nitrogens with two attached hydrogens (primary N) is 1. The maximum absolute atomic E-state index is 13.1. The van der Waals surface area contributed by atoms with Crippen LogP contribution in [-0.2, 0) is 20.1 Å². The highest BCUT2D eigenvalue weighted by Gasteiger charge is 2.22. The van der Waals surface area contributed by atoms with Crippen molar-refractivity contribution in [3.63, 3.8) is 0 Å². The van der Waals surface area contributed by atoms with Crippen LogP contribution in [0.15, 0.2) is 64.2 Å². The number of benzene rings is 2. The van der Waals surface area contributed by atoms with Crippen LogP contribution in [0.2, 0.25) is 0 Å². The van der Waals surface area contributed by atoms with E-state index in [9.17, 15) is 18.8 Å². The molecule has 3 aromatic rings. The monoisotopic (exact) mass is 410 g/mol. The summed E-state index contributed by atoms with van der Waals surface area (Å²) in [4.78, 5) is 39.8. The van der Waals surface area contributed by atoms with Crippen LogP contribution in [-0.4, -0.2) is 33.4 Å². The zero-order valence-corrected chi connectivity index (χ0v) is 16.8. The van der Waals surface area contributed by atoms with Gasteiger partial charge in [0.2, 0.25) is 0 Å². The van der Waals surface area contributed by atoms with Gasteiger partial charge in [-0.15, -0.1) is 0 Å². The van der Waals surface area contributed by atoms with Gasteiger partial charge < -0.3 is 5.73 Å². The Hall–Kier alpha value is -3.52. The summed E-state index contributed by atoms with van der Waals surface area (Å²) >= 11 is 0. The van der Waals surface area contributed by atoms with E-state index in [1.807, 2.05) is 30.3 Å². The number of rotatable bonds is 7. The normalized spacial score (nSPS) is 11.1. The Morgan fingerprint density at radius 1 is 1.03 bits per heavy atom. The molecule has 0 saturated heterocycles. The first-order chi connectivity index (χ1) is 14.3. The number of halogens is 1. The van der Waals surface area contributed by atoms with Crippen LogP contribution in [0.4, 0.5) is 10.2 Å². The van der Waals surface area contributed by atoms with Crippen molar-refractivity contribution in [1.82, 2.24) is 14.0 Å². The molecule has 0 aliphatic rings. The van der Waals surface area contributed by atoms with Gasteiger partial charge in [0.25, 0.3) is 5.56 Å². The third-order valence-corrected chi connectivity index (χ3v) is 4.82. The topological polar surface area (TPSA) is 90.3 Å². The minimum Gasteiger partial charge on any atom is -0.384 e. The summed E-state index contributed by atoms with van der Waals surface area (Å²) in [6.45, 7) is 0.446. The van der Waals surface area contributed by atoms with Gasteiger partial charge in [0.05, 0.1) is 13.1 Å². The molecule has 8 heteroatoms. The van der Waals surface area contributed by atoms with Crippen LogP contribution >= 0.6 is 0 Å². The van der Waals surface area contributed by atoms with E-state index in [4.69, 9.17) is 5.73 Å². The molecular weight excluding hydrogens is 387 g/mol. The van der Waals surface area contributed by atoms with Gasteiger partial charge >= 0.3 is 5.69 Å². The SMILES string of the molecule is CN(CC(=O)c1c(N)n(Cc2ccccc2)c(=O)n(C)c1=O)Cc1ccc(F)cc1. The van der Waals surface area contributed by atoms with Gasteiger partial charge in [-0.1, -0.05) is 42.5 Å². The van der Waals surface area contributed by atoms with Crippen molar-refractivity contribution in [2.75, 3.05) is 19.3 Å². The fourth-order valence-corrected chi connectivity index (χ4v) is 3.25. The number of anilines is 1. The van der Waals surface area contributed by atoms with Gasteiger partial charge in [-0.2, -0.15) is 0 Å². The Labute approximate surface area is 172 Å². The van der Waals surface area contributed by atoms with Crippen molar-refractivity contribution < 1.29 is 9.18 Å². The summed E-state index contributed by atoms with van der Waals surface area (Å²) in [6, 6.07) is 15.1. The van der Waals surface area contributed by atoms with Crippen LogP contribution in [0.1, 0.15) is 21.5 Å². The highest BCUT2D eigenvalue weighted by molar-refractivity contribution is 6.01. The van der Waals surface area contributed by atoms with Crippen molar-refractivity contribution in [3.05, 3.63) is 97.9 Å². The molecule has 3 rings (SSSR count). The zero-order valence-electron chi connectivity index (χ0n) is 16.8. The van der Waals surface area contributed by atoms with Gasteiger partial charge in [-0.25, -0.2) is 9.18 Å². The Kier molecular flexibility index (Phi) is 6.27. The van der Waals surface area contributed by atoms with E-state index in [0.29, 0.717) is 6.54 Å². The van der Waals surface area contributed by atoms with E-state index in [0.717, 1.165) is 15.7 Å². The van der Waals surface area contributed by atoms with Gasteiger partial charge in [-0.3, -0.25) is 23.6 Å². The van der Waals surface area contributed by atoms with Crippen LogP contribution in [0.25, 0.3) is 0 Å². The number of nitrogens with zero attached hydrogens (tertiary/aromatic N) is 3. The molecule has 0 bridgehead atoms. The van der Waals surface area contributed by atoms with E-state index in [-0.39, 0.29) is 30.3 Å². The van der Waals surface area contributed by atoms with E-state index in [1.54, 1.807) is 24.1 Å². The number of carbonyl (C=O) groups excluding carboxylic acids is 1. The lowest BCUT2D eigenvalue weighted by atomic mass is 10.1. The van der Waals surface area contributed by atoms with Crippen molar-refractivity contribution in [3.8, 4) is 0 Å². The van der Waals surface area contributed by atoms with E-state index >= 15 is 0 Å². The Morgan fingerprint density at radius 3 is 2.30 bits per heavy atom. The van der Waals surface area contributed by atoms with Gasteiger partial charge in [0.1, 0.15) is 17.2 Å². The molecule has 1 heterocycles. The third kappa shape index (κ3) is 4.55. The number of Topliss-reactive ketones (excluding diaryl/α,β-unsaturated/α-hetero) is 1. The minimum absolute atomic E-state index is 0.0830. The lowest BCUT2D eigenvalue weighted by Crippen LogP contribution is -2.44. The second kappa shape index (κ2) is 8.87. The number of carbonyl (C=O) groups is 1. The minimum atomic E-state index is -0.720. The van der Waals surface area contributed by atoms with E-state index < -0.39 is 17.0 Å². The third-order valence-electron chi connectivity index (χ3n) is 4.82. The Balaban J connectivity index is 1.88. The molecule has 2 N–H and O–H groups in total. The standard InChI is InChI=1S/C22H23FN4O3/c1-25(12-16-8-10-17(23)11-9-16)14-18(28)19-20(24)27(22(30)26(2)21(19)29)13-15-6-4-3-5-7-15/h3-11H,12-14,24H2,1-2H3. The molecule has 7 nitrogen and oxygen atoms in total. The highest BCUT2D eigenvalue weighted by Crippen LogP contribution is 2.11. The smallest absolute Gasteiger partial charge is 0.332 e. The van der Waals surface area contributed by atoms with Crippen molar-refractivity contribution >= 4 is 11.6 Å². The molecule has 0 amide bonds. The average molecular weight is 410 g/mol. The van der Waals surface area contributed by atoms with Crippen LogP contribution in [0, 0.1) is 5.82 Å². The number of aromatic nitrogens is 2. The molecule has 0 saturated carbocycles. The lowest BCUT2D eigenvalue weighted by molar-refractivity contribution is 0.0941. The predicted octanol–water partition coefficient (Wildman–Crippen LogP) is 1.63. The molecule has 0 fully saturated rings. The van der Waals surface area contributed by atoms with Crippen LogP contribution < -0.4 is 17.0 Å². The summed E-state index contributed by atoms with van der Waals surface area (Å²) in [7, 11) is 3.03. The number of hydrogen-bond acceptors (Lipinski definition) is 5. The molecular formula is C22H23FN4O3. The number of nitrogen functional groups attached to an aromatic ring is 1. The summed E-state index contributed by atoms with van der Waals surface area (Å²) < 4.78 is 15.2. The zero-order chi connectivity index (χ0) is 21.8. The largest absolute Gasteiger partial charge is 0.384 e. The molecule has 2 aromatic carbocycles. The maximum atomic E-state index is 13.1. The van der Waals surface area contributed by atoms with Crippen molar-refractivity contribution in [1.29, 1.82) is 0 Å². The molecule has 0 aliphatic heterocycles. The van der Waals surface area contributed by atoms with Crippen molar-refractivity contribution in [2.24, 2.45) is 7.05 Å². The van der Waals surface area contributed by atoms with E-state index in [2.05, 4.69) is 0 Å². The summed E-state index contributed by atoms with van der Waals surface area (Å²) in [5.74, 6) is -0.971. The molecule has 0 radical (unpaired) electrons. The molecule has 0 unspecified atom stereocenters. The summed E-state index contributed by atoms with van der Waals surface area (Å²) in [5.41, 5.74) is 6.24. The molecule has 0 atom stereocenters. The van der Waals surface area contributed by atoms with Gasteiger partial charge in [0, 0.05) is 13.6 Å². The maximum Gasteiger partial charge on any atom is 0.332 e. The average Bonchev–Trinajstić information content (AvgIpc) is 2.72. The fraction of sp³-hybridized carbons (Fsp3) is 0.227. The first kappa shape index (κ1) is 21.2. The van der Waals surface area contributed by atoms with Crippen LogP contribution in [0.5, 0.6) is 0 Å². The summed E-state index contributed by atoms with van der Waals surface area (Å²) in [6.07, 6.45) is 0. The summed E-state index contributed by atoms with van der Waals surface area (Å²) in [5, 5.41) is 0. The highest BCUT2D eigenvalue weighted by atomic mass is 19.1. The predicted molar refractivity (Wildman–Crippen MR) is 113 cm³/mol. The second-order valence-electron chi connectivity index (χ2n) is 7.20.